The topological polar surface area (TPSA) is 24.9 Å². The second-order valence-electron chi connectivity index (χ2n) is 4.59. The molecule has 2 unspecified atom stereocenters. The molecule has 2 rings (SSSR count). The van der Waals surface area contributed by atoms with Gasteiger partial charge in [0.1, 0.15) is 0 Å². The molecule has 1 heterocycles. The van der Waals surface area contributed by atoms with Crippen LogP contribution in [0.15, 0.2) is 36.5 Å². The van der Waals surface area contributed by atoms with E-state index in [1.54, 1.807) is 0 Å². The van der Waals surface area contributed by atoms with Crippen molar-refractivity contribution < 1.29 is 0 Å². The molecule has 0 aliphatic carbocycles. The van der Waals surface area contributed by atoms with Crippen molar-refractivity contribution in [3.63, 3.8) is 0 Å². The Morgan fingerprint density at radius 3 is 2.82 bits per heavy atom. The zero-order valence-corrected chi connectivity index (χ0v) is 10.8. The van der Waals surface area contributed by atoms with Crippen molar-refractivity contribution in [3.8, 4) is 0 Å². The lowest BCUT2D eigenvalue weighted by Crippen LogP contribution is -2.30. The van der Waals surface area contributed by atoms with Crippen molar-refractivity contribution in [1.29, 1.82) is 0 Å². The van der Waals surface area contributed by atoms with E-state index in [-0.39, 0.29) is 0 Å². The Morgan fingerprint density at radius 1 is 1.24 bits per heavy atom. The lowest BCUT2D eigenvalue weighted by atomic mass is 9.93. The summed E-state index contributed by atoms with van der Waals surface area (Å²) in [5.74, 6) is 0.513. The lowest BCUT2D eigenvalue weighted by Gasteiger charge is -2.21. The minimum absolute atomic E-state index is 0.495. The number of rotatable bonds is 4. The van der Waals surface area contributed by atoms with E-state index in [1.807, 2.05) is 12.3 Å². The largest absolute Gasteiger partial charge is 0.314 e. The number of benzene rings is 1. The van der Waals surface area contributed by atoms with Gasteiger partial charge in [-0.3, -0.25) is 4.98 Å². The van der Waals surface area contributed by atoms with Gasteiger partial charge < -0.3 is 5.32 Å². The molecule has 1 aromatic carbocycles. The summed E-state index contributed by atoms with van der Waals surface area (Å²) in [5.41, 5.74) is 2.44. The Kier molecular flexibility index (Phi) is 3.75. The summed E-state index contributed by atoms with van der Waals surface area (Å²) in [4.78, 5) is 4.35. The molecule has 0 saturated carbocycles. The van der Waals surface area contributed by atoms with Crippen LogP contribution in [0.4, 0.5) is 0 Å². The first-order chi connectivity index (χ1) is 8.22. The highest BCUT2D eigenvalue weighted by Crippen LogP contribution is 2.22. The van der Waals surface area contributed by atoms with Crippen molar-refractivity contribution >= 4 is 10.9 Å². The third-order valence-electron chi connectivity index (χ3n) is 3.43. The number of nitrogens with zero attached hydrogens (tertiary/aromatic N) is 1. The summed E-state index contributed by atoms with van der Waals surface area (Å²) in [6, 6.07) is 11.2. The highest BCUT2D eigenvalue weighted by Gasteiger charge is 2.13. The fourth-order valence-electron chi connectivity index (χ4n) is 2.16. The summed E-state index contributed by atoms with van der Waals surface area (Å²) in [7, 11) is 0. The first-order valence-electron chi connectivity index (χ1n) is 6.30. The molecule has 1 aromatic heterocycles. The maximum atomic E-state index is 4.35. The zero-order valence-electron chi connectivity index (χ0n) is 10.8. The number of aromatic nitrogens is 1. The van der Waals surface area contributed by atoms with Gasteiger partial charge in [-0.15, -0.1) is 0 Å². The van der Waals surface area contributed by atoms with Crippen LogP contribution >= 0.6 is 0 Å². The molecule has 0 aliphatic rings. The normalized spacial score (nSPS) is 14.8. The molecule has 0 amide bonds. The summed E-state index contributed by atoms with van der Waals surface area (Å²) < 4.78 is 0. The molecule has 0 aliphatic heterocycles. The molecule has 0 fully saturated rings. The van der Waals surface area contributed by atoms with Crippen molar-refractivity contribution in [2.45, 2.75) is 32.7 Å². The van der Waals surface area contributed by atoms with Gasteiger partial charge in [-0.1, -0.05) is 26.0 Å². The van der Waals surface area contributed by atoms with Crippen LogP contribution < -0.4 is 5.32 Å². The molecule has 90 valence electrons. The van der Waals surface area contributed by atoms with Crippen LogP contribution in [0.3, 0.4) is 0 Å². The minimum Gasteiger partial charge on any atom is -0.314 e. The number of hydrogen-bond acceptors (Lipinski definition) is 2. The zero-order chi connectivity index (χ0) is 12.3. The Morgan fingerprint density at radius 2 is 2.06 bits per heavy atom. The van der Waals surface area contributed by atoms with E-state index in [4.69, 9.17) is 0 Å². The SMILES string of the molecule is CCNC(C)C(C)c1ccc2ncccc2c1. The standard InChI is InChI=1S/C15H20N2/c1-4-16-12(3)11(2)13-7-8-15-14(10-13)6-5-9-17-15/h5-12,16H,4H2,1-3H3. The fourth-order valence-corrected chi connectivity index (χ4v) is 2.16. The van der Waals surface area contributed by atoms with Gasteiger partial charge in [-0.2, -0.15) is 0 Å². The van der Waals surface area contributed by atoms with Crippen LogP contribution in [0.2, 0.25) is 0 Å². The third-order valence-corrected chi connectivity index (χ3v) is 3.43. The van der Waals surface area contributed by atoms with E-state index in [0.717, 1.165) is 12.1 Å². The van der Waals surface area contributed by atoms with Crippen LogP contribution in [0, 0.1) is 0 Å². The molecule has 0 bridgehead atoms. The molecule has 1 N–H and O–H groups in total. The van der Waals surface area contributed by atoms with Gasteiger partial charge in [0.2, 0.25) is 0 Å². The number of pyridine rings is 1. The maximum absolute atomic E-state index is 4.35. The minimum atomic E-state index is 0.495. The van der Waals surface area contributed by atoms with Crippen molar-refractivity contribution in [1.82, 2.24) is 10.3 Å². The summed E-state index contributed by atoms with van der Waals surface area (Å²) in [5, 5.41) is 4.70. The summed E-state index contributed by atoms with van der Waals surface area (Å²) in [6.45, 7) is 7.67. The first kappa shape index (κ1) is 12.1. The van der Waals surface area contributed by atoms with Crippen molar-refractivity contribution in [3.05, 3.63) is 42.1 Å². The molecule has 17 heavy (non-hydrogen) atoms. The predicted octanol–water partition coefficient (Wildman–Crippen LogP) is 3.34. The van der Waals surface area contributed by atoms with Gasteiger partial charge in [-0.05, 0) is 43.1 Å². The van der Waals surface area contributed by atoms with Crippen LogP contribution in [0.25, 0.3) is 10.9 Å². The Balaban J connectivity index is 2.29. The molecule has 0 radical (unpaired) electrons. The van der Waals surface area contributed by atoms with Gasteiger partial charge in [0, 0.05) is 17.6 Å². The number of likely N-dealkylation sites (N-methyl/N-ethyl adjacent to an activating group) is 1. The fraction of sp³-hybridized carbons (Fsp3) is 0.400. The average Bonchev–Trinajstić information content (AvgIpc) is 2.37. The number of hydrogen-bond donors (Lipinski definition) is 1. The molecule has 2 aromatic rings. The molecule has 2 nitrogen and oxygen atoms in total. The van der Waals surface area contributed by atoms with E-state index in [0.29, 0.717) is 12.0 Å². The molecule has 0 spiro atoms. The van der Waals surface area contributed by atoms with Gasteiger partial charge in [0.25, 0.3) is 0 Å². The van der Waals surface area contributed by atoms with Crippen LogP contribution in [-0.4, -0.2) is 17.6 Å². The van der Waals surface area contributed by atoms with E-state index in [1.165, 1.54) is 10.9 Å². The highest BCUT2D eigenvalue weighted by atomic mass is 14.9. The lowest BCUT2D eigenvalue weighted by molar-refractivity contribution is 0.495. The van der Waals surface area contributed by atoms with E-state index in [2.05, 4.69) is 55.3 Å². The third kappa shape index (κ3) is 2.64. The molecule has 2 atom stereocenters. The summed E-state index contributed by atoms with van der Waals surface area (Å²) in [6.07, 6.45) is 1.84. The van der Waals surface area contributed by atoms with Crippen molar-refractivity contribution in [2.75, 3.05) is 6.54 Å². The van der Waals surface area contributed by atoms with Crippen molar-refractivity contribution in [2.24, 2.45) is 0 Å². The molecule has 0 saturated heterocycles. The highest BCUT2D eigenvalue weighted by molar-refractivity contribution is 5.79. The second kappa shape index (κ2) is 5.28. The van der Waals surface area contributed by atoms with E-state index in [9.17, 15) is 0 Å². The van der Waals surface area contributed by atoms with Gasteiger partial charge in [0.05, 0.1) is 5.52 Å². The van der Waals surface area contributed by atoms with Crippen LogP contribution in [0.5, 0.6) is 0 Å². The van der Waals surface area contributed by atoms with E-state index >= 15 is 0 Å². The molecular weight excluding hydrogens is 208 g/mol. The predicted molar refractivity (Wildman–Crippen MR) is 73.3 cm³/mol. The molecular formula is C15H20N2. The quantitative estimate of drug-likeness (QED) is 0.868. The first-order valence-corrected chi connectivity index (χ1v) is 6.30. The second-order valence-corrected chi connectivity index (χ2v) is 4.59. The Labute approximate surface area is 103 Å². The van der Waals surface area contributed by atoms with Crippen LogP contribution in [-0.2, 0) is 0 Å². The molecule has 2 heteroatoms. The average molecular weight is 228 g/mol. The van der Waals surface area contributed by atoms with Gasteiger partial charge in [0.15, 0.2) is 0 Å². The summed E-state index contributed by atoms with van der Waals surface area (Å²) >= 11 is 0. The Hall–Kier alpha value is -1.41. The number of fused-ring (bicyclic) bond motifs is 1. The van der Waals surface area contributed by atoms with Gasteiger partial charge in [-0.25, -0.2) is 0 Å². The number of nitrogens with one attached hydrogen (secondary N) is 1. The van der Waals surface area contributed by atoms with E-state index < -0.39 is 0 Å². The monoisotopic (exact) mass is 228 g/mol. The van der Waals surface area contributed by atoms with Crippen LogP contribution in [0.1, 0.15) is 32.3 Å². The smallest absolute Gasteiger partial charge is 0.0702 e. The maximum Gasteiger partial charge on any atom is 0.0702 e. The van der Waals surface area contributed by atoms with Gasteiger partial charge >= 0.3 is 0 Å². The Bertz CT molecular complexity index is 493.